The zero-order chi connectivity index (χ0) is 12.0. The summed E-state index contributed by atoms with van der Waals surface area (Å²) in [6, 6.07) is 0.386. The van der Waals surface area contributed by atoms with Crippen LogP contribution in [0.25, 0.3) is 0 Å². The van der Waals surface area contributed by atoms with Gasteiger partial charge in [-0.05, 0) is 31.8 Å². The lowest BCUT2D eigenvalue weighted by Crippen LogP contribution is -2.46. The molecule has 1 aliphatic heterocycles. The Kier molecular flexibility index (Phi) is 6.28. The third kappa shape index (κ3) is 4.01. The van der Waals surface area contributed by atoms with Crippen LogP contribution in [-0.2, 0) is 9.47 Å². The van der Waals surface area contributed by atoms with Crippen LogP contribution < -0.4 is 5.73 Å². The fourth-order valence-corrected chi connectivity index (χ4v) is 2.30. The van der Waals surface area contributed by atoms with E-state index in [-0.39, 0.29) is 6.29 Å². The van der Waals surface area contributed by atoms with Crippen molar-refractivity contribution in [2.75, 3.05) is 33.9 Å². The molecule has 0 aromatic heterocycles. The lowest BCUT2D eigenvalue weighted by atomic mass is 9.97. The van der Waals surface area contributed by atoms with E-state index in [1.807, 2.05) is 0 Å². The first kappa shape index (κ1) is 13.9. The molecule has 1 rings (SSSR count). The van der Waals surface area contributed by atoms with E-state index in [1.54, 1.807) is 14.2 Å². The summed E-state index contributed by atoms with van der Waals surface area (Å²) in [7, 11) is 3.36. The van der Waals surface area contributed by atoms with E-state index in [9.17, 15) is 0 Å². The minimum atomic E-state index is -0.132. The van der Waals surface area contributed by atoms with Crippen LogP contribution >= 0.6 is 0 Å². The Bertz CT molecular complexity index is 178. The van der Waals surface area contributed by atoms with Crippen LogP contribution in [0, 0.1) is 5.92 Å². The quantitative estimate of drug-likeness (QED) is 0.693. The maximum atomic E-state index is 5.84. The number of likely N-dealkylation sites (tertiary alicyclic amines) is 1. The molecule has 1 atom stereocenters. The zero-order valence-corrected chi connectivity index (χ0v) is 10.8. The Morgan fingerprint density at radius 3 is 2.25 bits per heavy atom. The van der Waals surface area contributed by atoms with Gasteiger partial charge in [-0.25, -0.2) is 0 Å². The van der Waals surface area contributed by atoms with Crippen molar-refractivity contribution in [3.8, 4) is 0 Å². The van der Waals surface area contributed by atoms with Crippen molar-refractivity contribution in [2.24, 2.45) is 11.7 Å². The number of hydrogen-bond acceptors (Lipinski definition) is 4. The topological polar surface area (TPSA) is 47.7 Å². The second kappa shape index (κ2) is 7.22. The highest BCUT2D eigenvalue weighted by molar-refractivity contribution is 4.78. The van der Waals surface area contributed by atoms with Crippen LogP contribution in [-0.4, -0.2) is 51.1 Å². The van der Waals surface area contributed by atoms with Gasteiger partial charge in [0.15, 0.2) is 6.29 Å². The summed E-state index contributed by atoms with van der Waals surface area (Å²) in [5.74, 6) is 0.857. The minimum Gasteiger partial charge on any atom is -0.356 e. The molecule has 0 bridgehead atoms. The van der Waals surface area contributed by atoms with Gasteiger partial charge in [0.2, 0.25) is 0 Å². The average molecular weight is 230 g/mol. The first-order valence-corrected chi connectivity index (χ1v) is 6.21. The number of methoxy groups -OCH3 is 2. The Labute approximate surface area is 99.1 Å². The van der Waals surface area contributed by atoms with Gasteiger partial charge in [-0.15, -0.1) is 0 Å². The van der Waals surface area contributed by atoms with Gasteiger partial charge >= 0.3 is 0 Å². The Morgan fingerprint density at radius 2 is 1.81 bits per heavy atom. The fourth-order valence-electron chi connectivity index (χ4n) is 2.30. The normalized spacial score (nSPS) is 21.6. The number of rotatable bonds is 6. The standard InChI is InChI=1S/C12H26N2O2/c1-10-4-6-14(7-5-10)11(9-13)8-12(15-2)16-3/h10-12H,4-9,13H2,1-3H3. The number of hydrogen-bond donors (Lipinski definition) is 1. The molecular weight excluding hydrogens is 204 g/mol. The summed E-state index contributed by atoms with van der Waals surface area (Å²) in [6.07, 6.45) is 3.29. The van der Waals surface area contributed by atoms with Gasteiger partial charge in [-0.2, -0.15) is 0 Å². The van der Waals surface area contributed by atoms with Crippen LogP contribution in [0.4, 0.5) is 0 Å². The van der Waals surface area contributed by atoms with Crippen molar-refractivity contribution < 1.29 is 9.47 Å². The molecule has 16 heavy (non-hydrogen) atoms. The summed E-state index contributed by atoms with van der Waals surface area (Å²) in [4.78, 5) is 2.48. The minimum absolute atomic E-state index is 0.132. The van der Waals surface area contributed by atoms with Gasteiger partial charge in [-0.3, -0.25) is 4.90 Å². The lowest BCUT2D eigenvalue weighted by molar-refractivity contribution is -0.117. The largest absolute Gasteiger partial charge is 0.356 e. The lowest BCUT2D eigenvalue weighted by Gasteiger charge is -2.37. The zero-order valence-electron chi connectivity index (χ0n) is 10.8. The molecule has 1 fully saturated rings. The maximum absolute atomic E-state index is 5.84. The highest BCUT2D eigenvalue weighted by Crippen LogP contribution is 2.20. The van der Waals surface area contributed by atoms with E-state index in [0.717, 1.165) is 25.4 Å². The predicted octanol–water partition coefficient (Wildman–Crippen LogP) is 1.05. The molecule has 4 nitrogen and oxygen atoms in total. The van der Waals surface area contributed by atoms with E-state index in [4.69, 9.17) is 15.2 Å². The van der Waals surface area contributed by atoms with E-state index >= 15 is 0 Å². The van der Waals surface area contributed by atoms with E-state index in [1.165, 1.54) is 12.8 Å². The number of nitrogens with two attached hydrogens (primary N) is 1. The predicted molar refractivity (Wildman–Crippen MR) is 65.2 cm³/mol. The summed E-state index contributed by atoms with van der Waals surface area (Å²) in [5, 5.41) is 0. The first-order valence-electron chi connectivity index (χ1n) is 6.21. The molecule has 1 saturated heterocycles. The molecule has 0 aromatic rings. The summed E-state index contributed by atoms with van der Waals surface area (Å²) in [6.45, 7) is 5.31. The van der Waals surface area contributed by atoms with Gasteiger partial charge in [0.25, 0.3) is 0 Å². The van der Waals surface area contributed by atoms with E-state index < -0.39 is 0 Å². The van der Waals surface area contributed by atoms with Gasteiger partial charge in [0, 0.05) is 33.2 Å². The Hall–Kier alpha value is -0.160. The Balaban J connectivity index is 2.40. The van der Waals surface area contributed by atoms with Crippen molar-refractivity contribution in [3.05, 3.63) is 0 Å². The second-order valence-electron chi connectivity index (χ2n) is 4.74. The van der Waals surface area contributed by atoms with Gasteiger partial charge < -0.3 is 15.2 Å². The van der Waals surface area contributed by atoms with Crippen molar-refractivity contribution >= 4 is 0 Å². The van der Waals surface area contributed by atoms with Crippen LogP contribution in [0.5, 0.6) is 0 Å². The fraction of sp³-hybridized carbons (Fsp3) is 1.00. The number of nitrogens with zero attached hydrogens (tertiary/aromatic N) is 1. The maximum Gasteiger partial charge on any atom is 0.158 e. The highest BCUT2D eigenvalue weighted by atomic mass is 16.7. The Morgan fingerprint density at radius 1 is 1.25 bits per heavy atom. The summed E-state index contributed by atoms with van der Waals surface area (Å²) in [5.41, 5.74) is 5.84. The van der Waals surface area contributed by atoms with Crippen molar-refractivity contribution in [1.29, 1.82) is 0 Å². The van der Waals surface area contributed by atoms with Crippen molar-refractivity contribution in [3.63, 3.8) is 0 Å². The molecule has 2 N–H and O–H groups in total. The highest BCUT2D eigenvalue weighted by Gasteiger charge is 2.24. The molecule has 0 aliphatic carbocycles. The van der Waals surface area contributed by atoms with Crippen LogP contribution in [0.3, 0.4) is 0 Å². The summed E-state index contributed by atoms with van der Waals surface area (Å²) >= 11 is 0. The molecule has 96 valence electrons. The van der Waals surface area contributed by atoms with Crippen LogP contribution in [0.1, 0.15) is 26.2 Å². The summed E-state index contributed by atoms with van der Waals surface area (Å²) < 4.78 is 10.5. The molecular formula is C12H26N2O2. The SMILES string of the molecule is COC(CC(CN)N1CCC(C)CC1)OC. The van der Waals surface area contributed by atoms with E-state index in [2.05, 4.69) is 11.8 Å². The average Bonchev–Trinajstić information content (AvgIpc) is 2.32. The monoisotopic (exact) mass is 230 g/mol. The first-order chi connectivity index (χ1) is 7.71. The van der Waals surface area contributed by atoms with Crippen LogP contribution in [0.2, 0.25) is 0 Å². The smallest absolute Gasteiger partial charge is 0.158 e. The van der Waals surface area contributed by atoms with Gasteiger partial charge in [0.1, 0.15) is 0 Å². The molecule has 0 radical (unpaired) electrons. The molecule has 0 spiro atoms. The molecule has 1 heterocycles. The molecule has 0 amide bonds. The molecule has 1 unspecified atom stereocenters. The molecule has 1 aliphatic rings. The third-order valence-electron chi connectivity index (χ3n) is 3.60. The van der Waals surface area contributed by atoms with E-state index in [0.29, 0.717) is 12.6 Å². The van der Waals surface area contributed by atoms with Gasteiger partial charge in [0.05, 0.1) is 0 Å². The van der Waals surface area contributed by atoms with Gasteiger partial charge in [-0.1, -0.05) is 6.92 Å². The van der Waals surface area contributed by atoms with Crippen LogP contribution in [0.15, 0.2) is 0 Å². The van der Waals surface area contributed by atoms with Crippen molar-refractivity contribution in [1.82, 2.24) is 4.90 Å². The molecule has 0 aromatic carbocycles. The van der Waals surface area contributed by atoms with Crippen molar-refractivity contribution in [2.45, 2.75) is 38.5 Å². The number of piperidine rings is 1. The second-order valence-corrected chi connectivity index (χ2v) is 4.74. The molecule has 4 heteroatoms. The molecule has 0 saturated carbocycles. The number of ether oxygens (including phenoxy) is 2. The third-order valence-corrected chi connectivity index (χ3v) is 3.60.